The number of aryl methyl sites for hydroxylation is 1. The summed E-state index contributed by atoms with van der Waals surface area (Å²) in [6, 6.07) is 20.7. The molecule has 0 saturated heterocycles. The molecule has 5 nitrogen and oxygen atoms in total. The summed E-state index contributed by atoms with van der Waals surface area (Å²) in [5.74, 6) is -0.801. The molecular weight excluding hydrogens is 404 g/mol. The van der Waals surface area contributed by atoms with Crippen LogP contribution in [0.1, 0.15) is 17.2 Å². The predicted molar refractivity (Wildman–Crippen MR) is 115 cm³/mol. The van der Waals surface area contributed by atoms with Crippen molar-refractivity contribution in [2.75, 3.05) is 0 Å². The van der Waals surface area contributed by atoms with E-state index in [0.29, 0.717) is 44.0 Å². The van der Waals surface area contributed by atoms with Crippen LogP contribution in [0, 0.1) is 6.92 Å². The van der Waals surface area contributed by atoms with E-state index in [1.165, 1.54) is 6.07 Å². The van der Waals surface area contributed by atoms with Gasteiger partial charge < -0.3 is 14.3 Å². The van der Waals surface area contributed by atoms with Crippen molar-refractivity contribution < 1.29 is 19.1 Å². The second kappa shape index (κ2) is 8.05. The van der Waals surface area contributed by atoms with E-state index < -0.39 is 17.7 Å². The molecule has 0 aliphatic rings. The Labute approximate surface area is 177 Å². The molecule has 0 bridgehead atoms. The molecule has 0 aliphatic carbocycles. The van der Waals surface area contributed by atoms with Gasteiger partial charge in [-0.3, -0.25) is 0 Å². The molecule has 1 N–H and O–H groups in total. The van der Waals surface area contributed by atoms with Gasteiger partial charge in [-0.15, -0.1) is 0 Å². The minimum Gasteiger partial charge on any atom is -0.478 e. The third-order valence-electron chi connectivity index (χ3n) is 4.85. The largest absolute Gasteiger partial charge is 0.478 e. The maximum atomic E-state index is 12.3. The zero-order chi connectivity index (χ0) is 21.3. The average molecular weight is 421 g/mol. The van der Waals surface area contributed by atoms with Crippen molar-refractivity contribution in [3.05, 3.63) is 99.4 Å². The lowest BCUT2D eigenvalue weighted by Crippen LogP contribution is -2.18. The maximum Gasteiger partial charge on any atom is 0.349 e. The quantitative estimate of drug-likeness (QED) is 0.423. The molecule has 1 unspecified atom stereocenters. The Bertz CT molecular complexity index is 1290. The normalized spacial score (nSPS) is 11.9. The van der Waals surface area contributed by atoms with Crippen LogP contribution < -0.4 is 10.4 Å². The highest BCUT2D eigenvalue weighted by molar-refractivity contribution is 6.33. The van der Waals surface area contributed by atoms with Crippen LogP contribution in [0.2, 0.25) is 5.02 Å². The van der Waals surface area contributed by atoms with Crippen molar-refractivity contribution in [3.63, 3.8) is 0 Å². The number of halogens is 1. The van der Waals surface area contributed by atoms with Crippen LogP contribution in [0.5, 0.6) is 5.75 Å². The summed E-state index contributed by atoms with van der Waals surface area (Å²) in [5, 5.41) is 10.8. The van der Waals surface area contributed by atoms with Gasteiger partial charge in [0.05, 0.1) is 0 Å². The zero-order valence-electron chi connectivity index (χ0n) is 16.0. The average Bonchev–Trinajstić information content (AvgIpc) is 2.74. The minimum absolute atomic E-state index is 0.318. The summed E-state index contributed by atoms with van der Waals surface area (Å²) in [4.78, 5) is 24.1. The Morgan fingerprint density at radius 3 is 2.40 bits per heavy atom. The Hall–Kier alpha value is -3.57. The first-order valence-corrected chi connectivity index (χ1v) is 9.60. The number of carbonyl (C=O) groups is 1. The van der Waals surface area contributed by atoms with Crippen LogP contribution in [0.4, 0.5) is 0 Å². The number of rotatable bonds is 5. The first-order valence-electron chi connectivity index (χ1n) is 9.22. The van der Waals surface area contributed by atoms with Crippen molar-refractivity contribution in [3.8, 4) is 16.9 Å². The molecule has 150 valence electrons. The maximum absolute atomic E-state index is 12.3. The van der Waals surface area contributed by atoms with Crippen molar-refractivity contribution >= 4 is 28.5 Å². The molecule has 0 fully saturated rings. The molecule has 1 aromatic heterocycles. The molecule has 0 saturated carbocycles. The Morgan fingerprint density at radius 1 is 1.00 bits per heavy atom. The number of fused-ring (bicyclic) bond motifs is 1. The summed E-state index contributed by atoms with van der Waals surface area (Å²) in [7, 11) is 0. The molecular formula is C24H17ClO5. The topological polar surface area (TPSA) is 76.7 Å². The van der Waals surface area contributed by atoms with Crippen molar-refractivity contribution in [1.29, 1.82) is 0 Å². The second-order valence-corrected chi connectivity index (χ2v) is 7.18. The Balaban J connectivity index is 1.85. The summed E-state index contributed by atoms with van der Waals surface area (Å²) in [5.41, 5.74) is 2.18. The van der Waals surface area contributed by atoms with Crippen molar-refractivity contribution in [2.45, 2.75) is 13.0 Å². The van der Waals surface area contributed by atoms with E-state index in [-0.39, 0.29) is 0 Å². The van der Waals surface area contributed by atoms with Crippen LogP contribution in [-0.4, -0.2) is 11.1 Å². The second-order valence-electron chi connectivity index (χ2n) is 6.77. The highest BCUT2D eigenvalue weighted by atomic mass is 35.5. The molecule has 3 aromatic carbocycles. The van der Waals surface area contributed by atoms with Gasteiger partial charge in [-0.25, -0.2) is 9.59 Å². The van der Waals surface area contributed by atoms with Crippen molar-refractivity contribution in [1.82, 2.24) is 0 Å². The van der Waals surface area contributed by atoms with Crippen LogP contribution in [-0.2, 0) is 4.79 Å². The van der Waals surface area contributed by atoms with E-state index in [0.717, 1.165) is 0 Å². The monoisotopic (exact) mass is 420 g/mol. The molecule has 0 radical (unpaired) electrons. The lowest BCUT2D eigenvalue weighted by Gasteiger charge is -2.18. The molecule has 1 atom stereocenters. The molecule has 6 heteroatoms. The number of hydrogen-bond donors (Lipinski definition) is 1. The number of ether oxygens (including phenoxy) is 1. The van der Waals surface area contributed by atoms with Crippen molar-refractivity contribution in [2.24, 2.45) is 0 Å². The third kappa shape index (κ3) is 3.67. The van der Waals surface area contributed by atoms with E-state index >= 15 is 0 Å². The molecule has 0 amide bonds. The van der Waals surface area contributed by atoms with Gasteiger partial charge in [-0.1, -0.05) is 60.1 Å². The van der Waals surface area contributed by atoms with Gasteiger partial charge >= 0.3 is 11.6 Å². The molecule has 4 rings (SSSR count). The van der Waals surface area contributed by atoms with Gasteiger partial charge in [0.15, 0.2) is 0 Å². The highest BCUT2D eigenvalue weighted by Gasteiger charge is 2.23. The van der Waals surface area contributed by atoms with Crippen LogP contribution >= 0.6 is 11.6 Å². The van der Waals surface area contributed by atoms with E-state index in [1.807, 2.05) is 18.2 Å². The fourth-order valence-corrected chi connectivity index (χ4v) is 3.63. The van der Waals surface area contributed by atoms with Gasteiger partial charge in [-0.05, 0) is 25.1 Å². The van der Waals surface area contributed by atoms with E-state index in [4.69, 9.17) is 20.8 Å². The minimum atomic E-state index is -1.19. The third-order valence-corrected chi connectivity index (χ3v) is 5.18. The first kappa shape index (κ1) is 19.7. The van der Waals surface area contributed by atoms with E-state index in [2.05, 4.69) is 0 Å². The smallest absolute Gasteiger partial charge is 0.349 e. The van der Waals surface area contributed by atoms with Gasteiger partial charge in [-0.2, -0.15) is 0 Å². The number of benzene rings is 3. The van der Waals surface area contributed by atoms with Gasteiger partial charge in [0.1, 0.15) is 11.3 Å². The van der Waals surface area contributed by atoms with Crippen LogP contribution in [0.3, 0.4) is 0 Å². The summed E-state index contributed by atoms with van der Waals surface area (Å²) < 4.78 is 11.3. The predicted octanol–water partition coefficient (Wildman–Crippen LogP) is 5.63. The summed E-state index contributed by atoms with van der Waals surface area (Å²) in [6.07, 6.45) is -1.19. The fourth-order valence-electron chi connectivity index (χ4n) is 3.39. The standard InChI is InChI=1S/C24H17ClO5/c1-14-20(29-23(24(27)28)15-7-3-2-4-8-15)12-11-17-18(13-21(26)30-22(14)17)16-9-5-6-10-19(16)25/h2-13,23H,1H3,(H,27,28). The Morgan fingerprint density at radius 2 is 1.70 bits per heavy atom. The number of hydrogen-bond acceptors (Lipinski definition) is 4. The number of carboxylic acids is 1. The molecule has 30 heavy (non-hydrogen) atoms. The van der Waals surface area contributed by atoms with E-state index in [1.54, 1.807) is 55.5 Å². The van der Waals surface area contributed by atoms with Crippen LogP contribution in [0.25, 0.3) is 22.1 Å². The van der Waals surface area contributed by atoms with Gasteiger partial charge in [0, 0.05) is 38.7 Å². The lowest BCUT2D eigenvalue weighted by atomic mass is 10.00. The number of carboxylic acid groups (broad SMARTS) is 1. The number of aliphatic carboxylic acids is 1. The molecule has 1 heterocycles. The van der Waals surface area contributed by atoms with Gasteiger partial charge in [0.2, 0.25) is 6.10 Å². The molecule has 0 aliphatic heterocycles. The van der Waals surface area contributed by atoms with Gasteiger partial charge in [0.25, 0.3) is 0 Å². The summed E-state index contributed by atoms with van der Waals surface area (Å²) in [6.45, 7) is 1.72. The lowest BCUT2D eigenvalue weighted by molar-refractivity contribution is -0.145. The zero-order valence-corrected chi connectivity index (χ0v) is 16.7. The fraction of sp³-hybridized carbons (Fsp3) is 0.0833. The highest BCUT2D eigenvalue weighted by Crippen LogP contribution is 2.37. The molecule has 0 spiro atoms. The Kier molecular flexibility index (Phi) is 5.29. The summed E-state index contributed by atoms with van der Waals surface area (Å²) >= 11 is 6.33. The van der Waals surface area contributed by atoms with Crippen LogP contribution in [0.15, 0.2) is 82.0 Å². The van der Waals surface area contributed by atoms with E-state index in [9.17, 15) is 14.7 Å². The SMILES string of the molecule is Cc1c(OC(C(=O)O)c2ccccc2)ccc2c(-c3ccccc3Cl)cc(=O)oc12. The molecule has 4 aromatic rings. The first-order chi connectivity index (χ1) is 14.5.